The summed E-state index contributed by atoms with van der Waals surface area (Å²) in [4.78, 5) is 2.58. The largest absolute Gasteiger partial charge is 0.326 e. The van der Waals surface area contributed by atoms with E-state index in [0.29, 0.717) is 6.54 Å². The molecule has 0 amide bonds. The Morgan fingerprint density at radius 1 is 1.06 bits per heavy atom. The Bertz CT molecular complexity index is 494. The van der Waals surface area contributed by atoms with Crippen LogP contribution in [0.25, 0.3) is 10.4 Å². The first-order valence-electron chi connectivity index (χ1n) is 6.26. The molecule has 0 radical (unpaired) electrons. The van der Waals surface area contributed by atoms with Crippen LogP contribution in [0.3, 0.4) is 0 Å². The molecule has 0 bridgehead atoms. The van der Waals surface area contributed by atoms with Crippen molar-refractivity contribution in [3.05, 3.63) is 46.8 Å². The van der Waals surface area contributed by atoms with E-state index in [2.05, 4.69) is 36.4 Å². The van der Waals surface area contributed by atoms with E-state index in [9.17, 15) is 0 Å². The Kier molecular flexibility index (Phi) is 3.00. The second kappa shape index (κ2) is 4.63. The lowest BCUT2D eigenvalue weighted by atomic mass is 9.80. The van der Waals surface area contributed by atoms with Crippen LogP contribution < -0.4 is 5.73 Å². The van der Waals surface area contributed by atoms with Crippen LogP contribution in [0, 0.1) is 0 Å². The summed E-state index contributed by atoms with van der Waals surface area (Å²) in [6.45, 7) is 0.644. The molecule has 1 nitrogen and oxygen atoms in total. The van der Waals surface area contributed by atoms with Crippen molar-refractivity contribution in [2.45, 2.75) is 31.7 Å². The third-order valence-corrected chi connectivity index (χ3v) is 4.79. The molecule has 2 N–H and O–H groups in total. The van der Waals surface area contributed by atoms with E-state index < -0.39 is 0 Å². The maximum Gasteiger partial charge on any atom is 0.0346 e. The molecule has 0 unspecified atom stereocenters. The molecule has 1 heterocycles. The van der Waals surface area contributed by atoms with E-state index in [1.165, 1.54) is 40.1 Å². The lowest BCUT2D eigenvalue weighted by Crippen LogP contribution is -2.08. The molecular formula is C15H17NS. The predicted molar refractivity (Wildman–Crippen MR) is 74.2 cm³/mol. The minimum absolute atomic E-state index is 0.644. The predicted octanol–water partition coefficient (Wildman–Crippen LogP) is 4.14. The summed E-state index contributed by atoms with van der Waals surface area (Å²) < 4.78 is 0. The average molecular weight is 243 g/mol. The highest BCUT2D eigenvalue weighted by molar-refractivity contribution is 7.15. The van der Waals surface area contributed by atoms with Gasteiger partial charge in [-0.1, -0.05) is 30.7 Å². The molecular weight excluding hydrogens is 226 g/mol. The van der Waals surface area contributed by atoms with Crippen LogP contribution in [0.4, 0.5) is 0 Å². The van der Waals surface area contributed by atoms with E-state index in [0.717, 1.165) is 5.92 Å². The minimum atomic E-state index is 0.644. The molecule has 0 spiro atoms. The van der Waals surface area contributed by atoms with Crippen LogP contribution in [0.2, 0.25) is 0 Å². The first-order chi connectivity index (χ1) is 8.36. The smallest absolute Gasteiger partial charge is 0.0346 e. The van der Waals surface area contributed by atoms with Gasteiger partial charge in [0, 0.05) is 16.3 Å². The van der Waals surface area contributed by atoms with Gasteiger partial charge in [-0.25, -0.2) is 0 Å². The minimum Gasteiger partial charge on any atom is -0.326 e. The number of nitrogens with two attached hydrogens (primary N) is 1. The molecule has 1 aliphatic rings. The molecule has 17 heavy (non-hydrogen) atoms. The van der Waals surface area contributed by atoms with Crippen molar-refractivity contribution in [1.29, 1.82) is 0 Å². The lowest BCUT2D eigenvalue weighted by Gasteiger charge is -2.25. The number of hydrogen-bond acceptors (Lipinski definition) is 2. The normalized spacial score (nSPS) is 15.8. The SMILES string of the molecule is NCc1ccc(-c2ccc(C3CCC3)cc2)s1. The fourth-order valence-corrected chi connectivity index (χ4v) is 3.20. The van der Waals surface area contributed by atoms with Gasteiger partial charge in [-0.05, 0) is 42.0 Å². The van der Waals surface area contributed by atoms with Crippen molar-refractivity contribution in [3.63, 3.8) is 0 Å². The summed E-state index contributed by atoms with van der Waals surface area (Å²) in [6, 6.07) is 13.4. The van der Waals surface area contributed by atoms with Gasteiger partial charge in [0.25, 0.3) is 0 Å². The molecule has 0 saturated heterocycles. The van der Waals surface area contributed by atoms with Crippen molar-refractivity contribution >= 4 is 11.3 Å². The standard InChI is InChI=1S/C15H17NS/c16-10-14-8-9-15(17-14)13-6-4-12(5-7-13)11-2-1-3-11/h4-9,11H,1-3,10,16H2. The van der Waals surface area contributed by atoms with Gasteiger partial charge in [0.1, 0.15) is 0 Å². The van der Waals surface area contributed by atoms with Gasteiger partial charge in [-0.2, -0.15) is 0 Å². The van der Waals surface area contributed by atoms with Gasteiger partial charge in [0.2, 0.25) is 0 Å². The zero-order valence-electron chi connectivity index (χ0n) is 9.86. The van der Waals surface area contributed by atoms with E-state index >= 15 is 0 Å². The maximum absolute atomic E-state index is 5.64. The first kappa shape index (κ1) is 11.0. The highest BCUT2D eigenvalue weighted by Crippen LogP contribution is 2.37. The second-order valence-corrected chi connectivity index (χ2v) is 5.89. The summed E-state index contributed by atoms with van der Waals surface area (Å²) in [6.07, 6.45) is 4.14. The number of benzene rings is 1. The van der Waals surface area contributed by atoms with E-state index in [1.54, 1.807) is 11.3 Å². The molecule has 2 aromatic rings. The van der Waals surface area contributed by atoms with Crippen LogP contribution in [0.1, 0.15) is 35.6 Å². The first-order valence-corrected chi connectivity index (χ1v) is 7.07. The second-order valence-electron chi connectivity index (χ2n) is 4.72. The third-order valence-electron chi connectivity index (χ3n) is 3.63. The van der Waals surface area contributed by atoms with Gasteiger partial charge in [-0.15, -0.1) is 11.3 Å². The molecule has 0 atom stereocenters. The van der Waals surface area contributed by atoms with Crippen LogP contribution >= 0.6 is 11.3 Å². The van der Waals surface area contributed by atoms with Crippen molar-refractivity contribution < 1.29 is 0 Å². The third kappa shape index (κ3) is 2.15. The summed E-state index contributed by atoms with van der Waals surface area (Å²) in [5.74, 6) is 0.826. The highest BCUT2D eigenvalue weighted by Gasteiger charge is 2.19. The quantitative estimate of drug-likeness (QED) is 0.861. The molecule has 1 saturated carbocycles. The molecule has 1 aliphatic carbocycles. The summed E-state index contributed by atoms with van der Waals surface area (Å²) in [5.41, 5.74) is 8.47. The summed E-state index contributed by atoms with van der Waals surface area (Å²) in [5, 5.41) is 0. The van der Waals surface area contributed by atoms with Crippen molar-refractivity contribution in [1.82, 2.24) is 0 Å². The molecule has 1 fully saturated rings. The Morgan fingerprint density at radius 3 is 2.35 bits per heavy atom. The highest BCUT2D eigenvalue weighted by atomic mass is 32.1. The van der Waals surface area contributed by atoms with Crippen LogP contribution in [0.15, 0.2) is 36.4 Å². The Hall–Kier alpha value is -1.12. The Labute approximate surface area is 106 Å². The van der Waals surface area contributed by atoms with Crippen LogP contribution in [-0.2, 0) is 6.54 Å². The Morgan fingerprint density at radius 2 is 1.82 bits per heavy atom. The summed E-state index contributed by atoms with van der Waals surface area (Å²) >= 11 is 1.79. The maximum atomic E-state index is 5.64. The van der Waals surface area contributed by atoms with Crippen LogP contribution in [-0.4, -0.2) is 0 Å². The molecule has 2 heteroatoms. The average Bonchev–Trinajstić information content (AvgIpc) is 2.76. The van der Waals surface area contributed by atoms with Gasteiger partial charge >= 0.3 is 0 Å². The van der Waals surface area contributed by atoms with E-state index in [1.807, 2.05) is 0 Å². The fourth-order valence-electron chi connectivity index (χ4n) is 2.30. The van der Waals surface area contributed by atoms with E-state index in [4.69, 9.17) is 5.73 Å². The topological polar surface area (TPSA) is 26.0 Å². The monoisotopic (exact) mass is 243 g/mol. The molecule has 0 aliphatic heterocycles. The van der Waals surface area contributed by atoms with E-state index in [-0.39, 0.29) is 0 Å². The molecule has 1 aromatic carbocycles. The van der Waals surface area contributed by atoms with Crippen molar-refractivity contribution in [2.75, 3.05) is 0 Å². The number of thiophene rings is 1. The zero-order valence-corrected chi connectivity index (χ0v) is 10.7. The Balaban J connectivity index is 1.83. The number of hydrogen-bond donors (Lipinski definition) is 1. The van der Waals surface area contributed by atoms with Crippen molar-refractivity contribution in [2.24, 2.45) is 5.73 Å². The molecule has 3 rings (SSSR count). The lowest BCUT2D eigenvalue weighted by molar-refractivity contribution is 0.420. The number of rotatable bonds is 3. The van der Waals surface area contributed by atoms with Gasteiger partial charge in [-0.3, -0.25) is 0 Å². The van der Waals surface area contributed by atoms with Gasteiger partial charge in [0.15, 0.2) is 0 Å². The van der Waals surface area contributed by atoms with Crippen LogP contribution in [0.5, 0.6) is 0 Å². The zero-order chi connectivity index (χ0) is 11.7. The molecule has 88 valence electrons. The van der Waals surface area contributed by atoms with Gasteiger partial charge < -0.3 is 5.73 Å². The summed E-state index contributed by atoms with van der Waals surface area (Å²) in [7, 11) is 0. The van der Waals surface area contributed by atoms with Crippen molar-refractivity contribution in [3.8, 4) is 10.4 Å². The molecule has 1 aromatic heterocycles. The van der Waals surface area contributed by atoms with Gasteiger partial charge in [0.05, 0.1) is 0 Å². The fraction of sp³-hybridized carbons (Fsp3) is 0.333.